The van der Waals surface area contributed by atoms with Crippen LogP contribution in [0.4, 0.5) is 11.4 Å². The van der Waals surface area contributed by atoms with Gasteiger partial charge in [-0.3, -0.25) is 14.4 Å². The molecule has 7 heteroatoms. The number of carbonyl (C=O) groups excluding carboxylic acids is 2. The highest BCUT2D eigenvalue weighted by molar-refractivity contribution is 6.33. The van der Waals surface area contributed by atoms with Crippen LogP contribution < -0.4 is 10.6 Å². The third kappa shape index (κ3) is 6.54. The van der Waals surface area contributed by atoms with Crippen molar-refractivity contribution < 1.29 is 19.5 Å². The van der Waals surface area contributed by atoms with E-state index in [9.17, 15) is 19.5 Å². The van der Waals surface area contributed by atoms with Gasteiger partial charge in [-0.15, -0.1) is 0 Å². The summed E-state index contributed by atoms with van der Waals surface area (Å²) in [5.74, 6) is -1.22. The van der Waals surface area contributed by atoms with E-state index in [0.29, 0.717) is 22.8 Å². The second-order valence-corrected chi connectivity index (χ2v) is 7.76. The zero-order valence-corrected chi connectivity index (χ0v) is 16.4. The van der Waals surface area contributed by atoms with Crippen LogP contribution in [0.5, 0.6) is 0 Å². The molecule has 0 aliphatic heterocycles. The Morgan fingerprint density at radius 1 is 1.07 bits per heavy atom. The third-order valence-corrected chi connectivity index (χ3v) is 5.31. The topological polar surface area (TPSA) is 95.5 Å². The Kier molecular flexibility index (Phi) is 7.66. The molecule has 0 radical (unpaired) electrons. The Balaban J connectivity index is 2.07. The van der Waals surface area contributed by atoms with Crippen LogP contribution >= 0.6 is 11.6 Å². The molecule has 148 valence electrons. The maximum Gasteiger partial charge on any atom is 0.303 e. The predicted octanol–water partition coefficient (Wildman–Crippen LogP) is 4.83. The van der Waals surface area contributed by atoms with Gasteiger partial charge in [0, 0.05) is 18.5 Å². The van der Waals surface area contributed by atoms with Crippen LogP contribution in [0.1, 0.15) is 64.7 Å². The molecule has 1 aliphatic rings. The summed E-state index contributed by atoms with van der Waals surface area (Å²) in [6.45, 7) is 1.92. The van der Waals surface area contributed by atoms with Crippen molar-refractivity contribution in [3.63, 3.8) is 0 Å². The number of amides is 2. The van der Waals surface area contributed by atoms with Crippen LogP contribution in [-0.4, -0.2) is 22.9 Å². The van der Waals surface area contributed by atoms with Crippen LogP contribution in [0.2, 0.25) is 5.02 Å². The second kappa shape index (κ2) is 9.74. The van der Waals surface area contributed by atoms with Gasteiger partial charge in [-0.2, -0.15) is 0 Å². The molecular formula is C20H27ClN2O4. The number of carboxylic acid groups (broad SMARTS) is 1. The number of aliphatic carboxylic acids is 1. The molecule has 1 aromatic rings. The van der Waals surface area contributed by atoms with Crippen LogP contribution in [-0.2, 0) is 14.4 Å². The number of nitrogens with one attached hydrogen (secondary N) is 2. The fourth-order valence-electron chi connectivity index (χ4n) is 3.72. The molecule has 2 amide bonds. The lowest BCUT2D eigenvalue weighted by molar-refractivity contribution is -0.141. The van der Waals surface area contributed by atoms with E-state index in [2.05, 4.69) is 10.6 Å². The first-order valence-electron chi connectivity index (χ1n) is 9.44. The molecule has 0 heterocycles. The molecule has 27 heavy (non-hydrogen) atoms. The number of benzene rings is 1. The van der Waals surface area contributed by atoms with Gasteiger partial charge in [0.2, 0.25) is 11.8 Å². The number of anilines is 2. The summed E-state index contributed by atoms with van der Waals surface area (Å²) in [7, 11) is 0. The van der Waals surface area contributed by atoms with Crippen molar-refractivity contribution in [1.82, 2.24) is 0 Å². The minimum atomic E-state index is -0.872. The Labute approximate surface area is 164 Å². The van der Waals surface area contributed by atoms with Gasteiger partial charge in [0.1, 0.15) is 0 Å². The predicted molar refractivity (Wildman–Crippen MR) is 106 cm³/mol. The monoisotopic (exact) mass is 394 g/mol. The maximum absolute atomic E-state index is 12.6. The van der Waals surface area contributed by atoms with Crippen LogP contribution in [0.3, 0.4) is 0 Å². The molecule has 3 N–H and O–H groups in total. The number of hydrogen-bond donors (Lipinski definition) is 3. The van der Waals surface area contributed by atoms with Crippen molar-refractivity contribution >= 4 is 40.8 Å². The number of hydrogen-bond acceptors (Lipinski definition) is 3. The standard InChI is InChI=1S/C20H27ClN2O4/c1-2-6-17(24)22-14-7-8-15(21)16(11-14)23-18(25)12-20(13-19(26)27)9-4-3-5-10-20/h7-8,11H,2-6,9-10,12-13H2,1H3,(H,22,24)(H,23,25)(H,26,27). The smallest absolute Gasteiger partial charge is 0.303 e. The van der Waals surface area contributed by atoms with Gasteiger partial charge in [0.25, 0.3) is 0 Å². The van der Waals surface area contributed by atoms with E-state index in [1.165, 1.54) is 0 Å². The number of carbonyl (C=O) groups is 3. The number of rotatable bonds is 8. The third-order valence-electron chi connectivity index (χ3n) is 4.98. The molecule has 0 aromatic heterocycles. The van der Waals surface area contributed by atoms with Crippen molar-refractivity contribution in [2.24, 2.45) is 5.41 Å². The Hall–Kier alpha value is -2.08. The summed E-state index contributed by atoms with van der Waals surface area (Å²) in [4.78, 5) is 35.6. The van der Waals surface area contributed by atoms with Crippen molar-refractivity contribution in [3.8, 4) is 0 Å². The van der Waals surface area contributed by atoms with E-state index in [1.54, 1.807) is 18.2 Å². The summed E-state index contributed by atoms with van der Waals surface area (Å²) in [6, 6.07) is 4.92. The van der Waals surface area contributed by atoms with Crippen LogP contribution in [0.15, 0.2) is 18.2 Å². The SMILES string of the molecule is CCCC(=O)Nc1ccc(Cl)c(NC(=O)CC2(CC(=O)O)CCCCC2)c1. The van der Waals surface area contributed by atoms with E-state index in [0.717, 1.165) is 38.5 Å². The van der Waals surface area contributed by atoms with Gasteiger partial charge >= 0.3 is 5.97 Å². The first-order chi connectivity index (χ1) is 12.8. The second-order valence-electron chi connectivity index (χ2n) is 7.35. The molecule has 0 atom stereocenters. The molecule has 0 saturated heterocycles. The van der Waals surface area contributed by atoms with Crippen molar-refractivity contribution in [2.45, 2.75) is 64.7 Å². The molecule has 0 bridgehead atoms. The molecule has 1 aliphatic carbocycles. The quantitative estimate of drug-likeness (QED) is 0.588. The number of halogens is 1. The van der Waals surface area contributed by atoms with Gasteiger partial charge < -0.3 is 15.7 Å². The van der Waals surface area contributed by atoms with Gasteiger partial charge in [0.05, 0.1) is 17.1 Å². The highest BCUT2D eigenvalue weighted by Crippen LogP contribution is 2.42. The van der Waals surface area contributed by atoms with E-state index < -0.39 is 11.4 Å². The molecule has 2 rings (SSSR count). The van der Waals surface area contributed by atoms with Crippen molar-refractivity contribution in [1.29, 1.82) is 0 Å². The largest absolute Gasteiger partial charge is 0.481 e. The van der Waals surface area contributed by atoms with Crippen LogP contribution in [0.25, 0.3) is 0 Å². The van der Waals surface area contributed by atoms with Crippen molar-refractivity contribution in [3.05, 3.63) is 23.2 Å². The zero-order valence-electron chi connectivity index (χ0n) is 15.6. The maximum atomic E-state index is 12.6. The first-order valence-corrected chi connectivity index (χ1v) is 9.82. The summed E-state index contributed by atoms with van der Waals surface area (Å²) in [6.07, 6.45) is 5.77. The highest BCUT2D eigenvalue weighted by Gasteiger charge is 2.36. The molecule has 1 aromatic carbocycles. The molecule has 0 spiro atoms. The molecule has 1 fully saturated rings. The lowest BCUT2D eigenvalue weighted by Crippen LogP contribution is -2.32. The molecule has 6 nitrogen and oxygen atoms in total. The molecule has 0 unspecified atom stereocenters. The number of carboxylic acids is 1. The summed E-state index contributed by atoms with van der Waals surface area (Å²) in [5.41, 5.74) is 0.483. The fraction of sp³-hybridized carbons (Fsp3) is 0.550. The fourth-order valence-corrected chi connectivity index (χ4v) is 3.89. The van der Waals surface area contributed by atoms with E-state index in [1.807, 2.05) is 6.92 Å². The minimum Gasteiger partial charge on any atom is -0.481 e. The summed E-state index contributed by atoms with van der Waals surface area (Å²) >= 11 is 6.18. The average molecular weight is 395 g/mol. The normalized spacial score (nSPS) is 15.8. The van der Waals surface area contributed by atoms with Crippen LogP contribution in [0, 0.1) is 5.41 Å². The average Bonchev–Trinajstić information content (AvgIpc) is 2.58. The van der Waals surface area contributed by atoms with Gasteiger partial charge in [0.15, 0.2) is 0 Å². The molecule has 1 saturated carbocycles. The van der Waals surface area contributed by atoms with E-state index in [-0.39, 0.29) is 24.7 Å². The van der Waals surface area contributed by atoms with E-state index in [4.69, 9.17) is 11.6 Å². The molecular weight excluding hydrogens is 368 g/mol. The Morgan fingerprint density at radius 2 is 1.78 bits per heavy atom. The van der Waals surface area contributed by atoms with Gasteiger partial charge in [-0.05, 0) is 42.9 Å². The summed E-state index contributed by atoms with van der Waals surface area (Å²) in [5, 5.41) is 15.2. The Bertz CT molecular complexity index is 699. The van der Waals surface area contributed by atoms with E-state index >= 15 is 0 Å². The lowest BCUT2D eigenvalue weighted by Gasteiger charge is -2.35. The zero-order chi connectivity index (χ0) is 19.9. The lowest BCUT2D eigenvalue weighted by atomic mass is 9.69. The summed E-state index contributed by atoms with van der Waals surface area (Å²) < 4.78 is 0. The van der Waals surface area contributed by atoms with Gasteiger partial charge in [-0.25, -0.2) is 0 Å². The minimum absolute atomic E-state index is 0.00126. The Morgan fingerprint density at radius 3 is 2.41 bits per heavy atom. The van der Waals surface area contributed by atoms with Gasteiger partial charge in [-0.1, -0.05) is 37.8 Å². The highest BCUT2D eigenvalue weighted by atomic mass is 35.5. The van der Waals surface area contributed by atoms with Crippen molar-refractivity contribution in [2.75, 3.05) is 10.6 Å². The first kappa shape index (κ1) is 21.2.